The number of phenolic OH excluding ortho intramolecular Hbond substituents is 1. The van der Waals surface area contributed by atoms with Crippen LogP contribution in [0.3, 0.4) is 0 Å². The van der Waals surface area contributed by atoms with Crippen LogP contribution in [0, 0.1) is 0 Å². The number of ether oxygens (including phenoxy) is 2. The molecular weight excluding hydrogens is 520 g/mol. The molecule has 0 saturated carbocycles. The van der Waals surface area contributed by atoms with Crippen molar-refractivity contribution in [1.29, 1.82) is 0 Å². The standard InChI is InChI=1S/C28H34N4O6S/c1-5-37-25(35)21-14-13-20(16-23(21)33)31-26-32-22(17-39-26)18-9-11-19(12-10-18)30-24(34)8-6-7-15-29-27(36)38-28(2,3)4/h9-14,16-17,33H,5-8,15H2,1-4H3,(H,29,36)(H,30,34)(H,31,32). The lowest BCUT2D eigenvalue weighted by Crippen LogP contribution is -2.33. The molecule has 3 rings (SSSR count). The molecule has 0 unspecified atom stereocenters. The summed E-state index contributed by atoms with van der Waals surface area (Å²) in [6.07, 6.45) is 1.19. The molecule has 2 amide bonds. The predicted octanol–water partition coefficient (Wildman–Crippen LogP) is 6.07. The van der Waals surface area contributed by atoms with Crippen molar-refractivity contribution in [3.05, 3.63) is 53.4 Å². The molecule has 3 aromatic rings. The van der Waals surface area contributed by atoms with E-state index in [1.165, 1.54) is 23.5 Å². The number of alkyl carbamates (subject to hydrolysis) is 1. The molecule has 2 aromatic carbocycles. The molecule has 0 aliphatic rings. The van der Waals surface area contributed by atoms with Crippen LogP contribution in [0.1, 0.15) is 57.3 Å². The number of nitrogens with one attached hydrogen (secondary N) is 3. The number of amides is 2. The monoisotopic (exact) mass is 554 g/mol. The van der Waals surface area contributed by atoms with Crippen LogP contribution in [-0.4, -0.2) is 46.8 Å². The van der Waals surface area contributed by atoms with E-state index in [1.807, 2.05) is 29.6 Å². The number of aromatic nitrogens is 1. The summed E-state index contributed by atoms with van der Waals surface area (Å²) in [5.74, 6) is -0.854. The van der Waals surface area contributed by atoms with Gasteiger partial charge in [-0.15, -0.1) is 11.3 Å². The van der Waals surface area contributed by atoms with Crippen molar-refractivity contribution in [2.24, 2.45) is 0 Å². The summed E-state index contributed by atoms with van der Waals surface area (Å²) in [5.41, 5.74) is 2.46. The van der Waals surface area contributed by atoms with Crippen LogP contribution < -0.4 is 16.0 Å². The lowest BCUT2D eigenvalue weighted by atomic mass is 10.1. The van der Waals surface area contributed by atoms with Gasteiger partial charge in [-0.2, -0.15) is 0 Å². The molecule has 1 aromatic heterocycles. The highest BCUT2D eigenvalue weighted by atomic mass is 32.1. The minimum absolute atomic E-state index is 0.0996. The molecule has 4 N–H and O–H groups in total. The summed E-state index contributed by atoms with van der Waals surface area (Å²) in [5, 5.41) is 21.4. The van der Waals surface area contributed by atoms with Gasteiger partial charge in [-0.1, -0.05) is 12.1 Å². The number of benzene rings is 2. The van der Waals surface area contributed by atoms with Gasteiger partial charge in [0.15, 0.2) is 5.13 Å². The van der Waals surface area contributed by atoms with Crippen LogP contribution in [0.2, 0.25) is 0 Å². The van der Waals surface area contributed by atoms with Crippen molar-refractivity contribution in [1.82, 2.24) is 10.3 Å². The van der Waals surface area contributed by atoms with Gasteiger partial charge in [-0.05, 0) is 64.8 Å². The minimum atomic E-state index is -0.578. The quantitative estimate of drug-likeness (QED) is 0.165. The summed E-state index contributed by atoms with van der Waals surface area (Å²) in [7, 11) is 0. The summed E-state index contributed by atoms with van der Waals surface area (Å²) in [4.78, 5) is 40.3. The minimum Gasteiger partial charge on any atom is -0.507 e. The lowest BCUT2D eigenvalue weighted by molar-refractivity contribution is -0.116. The third kappa shape index (κ3) is 9.60. The van der Waals surface area contributed by atoms with E-state index in [4.69, 9.17) is 9.47 Å². The number of aromatic hydroxyl groups is 1. The fraction of sp³-hybridized carbons (Fsp3) is 0.357. The van der Waals surface area contributed by atoms with E-state index >= 15 is 0 Å². The molecule has 0 aliphatic heterocycles. The molecule has 10 nitrogen and oxygen atoms in total. The number of esters is 1. The van der Waals surface area contributed by atoms with Crippen molar-refractivity contribution >= 4 is 45.8 Å². The zero-order chi connectivity index (χ0) is 28.4. The Labute approximate surface area is 231 Å². The van der Waals surface area contributed by atoms with Gasteiger partial charge in [0, 0.05) is 41.4 Å². The molecule has 0 aliphatic carbocycles. The van der Waals surface area contributed by atoms with Crippen LogP contribution in [-0.2, 0) is 14.3 Å². The number of carbonyl (C=O) groups excluding carboxylic acids is 3. The third-order valence-corrected chi connectivity index (χ3v) is 5.97. The smallest absolute Gasteiger partial charge is 0.407 e. The molecule has 0 bridgehead atoms. The molecule has 39 heavy (non-hydrogen) atoms. The topological polar surface area (TPSA) is 139 Å². The Morgan fingerprint density at radius 3 is 2.41 bits per heavy atom. The van der Waals surface area contributed by atoms with E-state index in [0.717, 1.165) is 11.3 Å². The zero-order valence-corrected chi connectivity index (χ0v) is 23.3. The van der Waals surface area contributed by atoms with Gasteiger partial charge in [0.25, 0.3) is 0 Å². The number of phenols is 1. The normalized spacial score (nSPS) is 11.0. The van der Waals surface area contributed by atoms with Gasteiger partial charge in [0.05, 0.1) is 12.3 Å². The molecule has 0 atom stereocenters. The largest absolute Gasteiger partial charge is 0.507 e. The van der Waals surface area contributed by atoms with Crippen molar-refractivity contribution in [3.63, 3.8) is 0 Å². The first-order valence-electron chi connectivity index (χ1n) is 12.6. The Bertz CT molecular complexity index is 1280. The maximum absolute atomic E-state index is 12.3. The second kappa shape index (κ2) is 13.6. The Morgan fingerprint density at radius 2 is 1.74 bits per heavy atom. The van der Waals surface area contributed by atoms with Crippen LogP contribution in [0.5, 0.6) is 5.75 Å². The van der Waals surface area contributed by atoms with Gasteiger partial charge in [-0.3, -0.25) is 4.79 Å². The van der Waals surface area contributed by atoms with Gasteiger partial charge >= 0.3 is 12.1 Å². The second-order valence-electron chi connectivity index (χ2n) is 9.63. The highest BCUT2D eigenvalue weighted by Gasteiger charge is 2.16. The maximum Gasteiger partial charge on any atom is 0.407 e. The number of thiazole rings is 1. The first-order chi connectivity index (χ1) is 18.5. The first-order valence-corrected chi connectivity index (χ1v) is 13.5. The summed E-state index contributed by atoms with van der Waals surface area (Å²) < 4.78 is 10.1. The van der Waals surface area contributed by atoms with E-state index in [1.54, 1.807) is 33.8 Å². The Hall–Kier alpha value is -4.12. The summed E-state index contributed by atoms with van der Waals surface area (Å²) >= 11 is 1.40. The third-order valence-electron chi connectivity index (χ3n) is 5.21. The van der Waals surface area contributed by atoms with Crippen LogP contribution in [0.4, 0.5) is 21.3 Å². The molecule has 1 heterocycles. The first kappa shape index (κ1) is 29.4. The fourth-order valence-corrected chi connectivity index (χ4v) is 4.18. The van der Waals surface area contributed by atoms with Crippen LogP contribution in [0.15, 0.2) is 47.8 Å². The zero-order valence-electron chi connectivity index (χ0n) is 22.5. The van der Waals surface area contributed by atoms with E-state index in [0.29, 0.717) is 42.3 Å². The number of nitrogens with zero attached hydrogens (tertiary/aromatic N) is 1. The summed E-state index contributed by atoms with van der Waals surface area (Å²) in [6.45, 7) is 7.79. The molecule has 0 fully saturated rings. The van der Waals surface area contributed by atoms with E-state index in [2.05, 4.69) is 20.9 Å². The van der Waals surface area contributed by atoms with Crippen LogP contribution in [0.25, 0.3) is 11.3 Å². The van der Waals surface area contributed by atoms with E-state index in [9.17, 15) is 19.5 Å². The molecule has 0 spiro atoms. The number of hydrogen-bond donors (Lipinski definition) is 4. The van der Waals surface area contributed by atoms with Crippen LogP contribution >= 0.6 is 11.3 Å². The van der Waals surface area contributed by atoms with E-state index in [-0.39, 0.29) is 23.8 Å². The van der Waals surface area contributed by atoms with Gasteiger partial charge in [-0.25, -0.2) is 14.6 Å². The molecule has 11 heteroatoms. The molecular formula is C28H34N4O6S. The Balaban J connectivity index is 1.45. The number of rotatable bonds is 11. The van der Waals surface area contributed by atoms with Crippen molar-refractivity contribution < 1.29 is 29.0 Å². The number of carbonyl (C=O) groups is 3. The summed E-state index contributed by atoms with van der Waals surface area (Å²) in [6, 6.07) is 12.0. The lowest BCUT2D eigenvalue weighted by Gasteiger charge is -2.19. The molecule has 0 radical (unpaired) electrons. The Morgan fingerprint density at radius 1 is 1.03 bits per heavy atom. The van der Waals surface area contributed by atoms with Gasteiger partial charge < -0.3 is 30.5 Å². The van der Waals surface area contributed by atoms with Crippen molar-refractivity contribution in [2.45, 2.75) is 52.6 Å². The van der Waals surface area contributed by atoms with Gasteiger partial charge in [0.1, 0.15) is 16.9 Å². The molecule has 208 valence electrons. The predicted molar refractivity (Wildman–Crippen MR) is 152 cm³/mol. The Kier molecular flexibility index (Phi) is 10.3. The highest BCUT2D eigenvalue weighted by Crippen LogP contribution is 2.30. The number of unbranched alkanes of at least 4 members (excludes halogenated alkanes) is 1. The maximum atomic E-state index is 12.3. The van der Waals surface area contributed by atoms with E-state index < -0.39 is 17.7 Å². The molecule has 0 saturated heterocycles. The van der Waals surface area contributed by atoms with Gasteiger partial charge in [0.2, 0.25) is 5.91 Å². The average Bonchev–Trinajstić information content (AvgIpc) is 3.32. The number of anilines is 3. The SMILES string of the molecule is CCOC(=O)c1ccc(Nc2nc(-c3ccc(NC(=O)CCCCNC(=O)OC(C)(C)C)cc3)cs2)cc1O. The number of hydrogen-bond acceptors (Lipinski definition) is 9. The van der Waals surface area contributed by atoms with Crippen molar-refractivity contribution in [3.8, 4) is 17.0 Å². The highest BCUT2D eigenvalue weighted by molar-refractivity contribution is 7.14. The fourth-order valence-electron chi connectivity index (χ4n) is 3.44. The average molecular weight is 555 g/mol. The second-order valence-corrected chi connectivity index (χ2v) is 10.5. The van der Waals surface area contributed by atoms with Crippen molar-refractivity contribution in [2.75, 3.05) is 23.8 Å².